The third kappa shape index (κ3) is 7.09. The number of nitrogens with zero attached hydrogens (tertiary/aromatic N) is 3. The number of halogens is 3. The lowest BCUT2D eigenvalue weighted by Gasteiger charge is -2.44. The minimum atomic E-state index is -1.11. The normalized spacial score (nSPS) is 22.8. The highest BCUT2D eigenvalue weighted by atomic mass is 35.5. The molecule has 5 atom stereocenters. The van der Waals surface area contributed by atoms with Crippen molar-refractivity contribution < 1.29 is 37.7 Å². The molecule has 1 saturated heterocycles. The van der Waals surface area contributed by atoms with E-state index < -0.39 is 53.5 Å². The molecule has 4 rings (SSSR count). The summed E-state index contributed by atoms with van der Waals surface area (Å²) in [5, 5.41) is 9.93. The second kappa shape index (κ2) is 12.6. The number of carbonyl (C=O) groups is 3. The van der Waals surface area contributed by atoms with Gasteiger partial charge in [0.15, 0.2) is 18.0 Å². The largest absolute Gasteiger partial charge is 0.463 e. The first kappa shape index (κ1) is 29.3. The SMILES string of the molecule is CC(=O)OC[C@H]1O[C@H](Sc2cc(Cl)c(F)c(Cl)c2)[C@H](OC(C)=O)[C@@H](n2cc(-c3cccs3)nn2)[C@H]1OC(C)=O. The summed E-state index contributed by atoms with van der Waals surface area (Å²) in [7, 11) is 0. The highest BCUT2D eigenvalue weighted by molar-refractivity contribution is 7.99. The zero-order valence-corrected chi connectivity index (χ0v) is 23.9. The van der Waals surface area contributed by atoms with Crippen molar-refractivity contribution >= 4 is 64.2 Å². The lowest BCUT2D eigenvalue weighted by molar-refractivity contribution is -0.212. The van der Waals surface area contributed by atoms with Crippen molar-refractivity contribution in [1.29, 1.82) is 0 Å². The topological polar surface area (TPSA) is 119 Å². The van der Waals surface area contributed by atoms with Crippen molar-refractivity contribution in [3.63, 3.8) is 0 Å². The standard InChI is InChI=1S/C24H22Cl2FN3O7S2/c1-11(31)34-10-18-22(35-12(2)32)21(30-9-17(28-29-30)19-5-4-6-38-19)23(36-13(3)33)24(37-18)39-14-7-15(25)20(27)16(26)8-14/h4-9,18,21-24H,10H2,1-3H3/t18-,21+,22+,23-,24-/m1/s1. The lowest BCUT2D eigenvalue weighted by atomic mass is 9.96. The maximum absolute atomic E-state index is 14.1. The molecule has 0 unspecified atom stereocenters. The van der Waals surface area contributed by atoms with Crippen LogP contribution in [0.3, 0.4) is 0 Å². The first-order chi connectivity index (χ1) is 18.5. The number of hydrogen-bond acceptors (Lipinski definition) is 11. The maximum Gasteiger partial charge on any atom is 0.303 e. The van der Waals surface area contributed by atoms with Gasteiger partial charge in [-0.2, -0.15) is 0 Å². The smallest absolute Gasteiger partial charge is 0.303 e. The predicted octanol–water partition coefficient (Wildman–Crippen LogP) is 4.94. The van der Waals surface area contributed by atoms with E-state index in [9.17, 15) is 18.8 Å². The Balaban J connectivity index is 1.80. The molecule has 1 aliphatic heterocycles. The highest BCUT2D eigenvalue weighted by Crippen LogP contribution is 2.43. The molecule has 0 N–H and O–H groups in total. The Morgan fingerprint density at radius 2 is 1.77 bits per heavy atom. The fourth-order valence-electron chi connectivity index (χ4n) is 3.97. The van der Waals surface area contributed by atoms with Crippen molar-refractivity contribution in [2.75, 3.05) is 6.61 Å². The number of rotatable bonds is 8. The molecule has 0 spiro atoms. The van der Waals surface area contributed by atoms with Gasteiger partial charge >= 0.3 is 17.9 Å². The molecule has 10 nitrogen and oxygen atoms in total. The summed E-state index contributed by atoms with van der Waals surface area (Å²) < 4.78 is 38.2. The number of thiophene rings is 1. The number of ether oxygens (including phenoxy) is 4. The molecular formula is C24H22Cl2FN3O7S2. The van der Waals surface area contributed by atoms with E-state index in [1.807, 2.05) is 17.5 Å². The number of thioether (sulfide) groups is 1. The second-order valence-corrected chi connectivity index (χ2v) is 11.3. The van der Waals surface area contributed by atoms with Crippen LogP contribution in [0.1, 0.15) is 26.8 Å². The Hall–Kier alpha value is -2.71. The van der Waals surface area contributed by atoms with Crippen molar-refractivity contribution in [1.82, 2.24) is 15.0 Å². The fraction of sp³-hybridized carbons (Fsp3) is 0.375. The summed E-state index contributed by atoms with van der Waals surface area (Å²) in [6.07, 6.45) is -1.59. The van der Waals surface area contributed by atoms with Gasteiger partial charge in [0.2, 0.25) is 0 Å². The summed E-state index contributed by atoms with van der Waals surface area (Å²) >= 11 is 14.5. The molecule has 1 aromatic carbocycles. The molecule has 39 heavy (non-hydrogen) atoms. The first-order valence-electron chi connectivity index (χ1n) is 11.4. The van der Waals surface area contributed by atoms with Gasteiger partial charge in [0.25, 0.3) is 0 Å². The lowest BCUT2D eigenvalue weighted by Crippen LogP contribution is -2.57. The van der Waals surface area contributed by atoms with E-state index in [1.54, 1.807) is 6.20 Å². The Morgan fingerprint density at radius 3 is 2.36 bits per heavy atom. The van der Waals surface area contributed by atoms with E-state index in [0.29, 0.717) is 10.6 Å². The predicted molar refractivity (Wildman–Crippen MR) is 141 cm³/mol. The average molecular weight is 618 g/mol. The van der Waals surface area contributed by atoms with Gasteiger partial charge in [-0.3, -0.25) is 14.4 Å². The Morgan fingerprint density at radius 1 is 1.10 bits per heavy atom. The summed E-state index contributed by atoms with van der Waals surface area (Å²) in [5.74, 6) is -2.66. The van der Waals surface area contributed by atoms with Gasteiger partial charge in [-0.15, -0.1) is 16.4 Å². The van der Waals surface area contributed by atoms with Crippen LogP contribution in [0.2, 0.25) is 10.0 Å². The van der Waals surface area contributed by atoms with E-state index in [2.05, 4.69) is 10.3 Å². The van der Waals surface area contributed by atoms with Crippen molar-refractivity contribution in [2.24, 2.45) is 0 Å². The van der Waals surface area contributed by atoms with Crippen LogP contribution in [0.4, 0.5) is 4.39 Å². The molecule has 0 bridgehead atoms. The molecule has 15 heteroatoms. The van der Waals surface area contributed by atoms with Crippen LogP contribution in [0.5, 0.6) is 0 Å². The average Bonchev–Trinajstić information content (AvgIpc) is 3.55. The third-order valence-electron chi connectivity index (χ3n) is 5.47. The van der Waals surface area contributed by atoms with Crippen LogP contribution in [-0.4, -0.2) is 63.3 Å². The van der Waals surface area contributed by atoms with E-state index in [4.69, 9.17) is 42.1 Å². The molecule has 208 valence electrons. The van der Waals surface area contributed by atoms with Crippen LogP contribution >= 0.6 is 46.3 Å². The molecule has 0 amide bonds. The van der Waals surface area contributed by atoms with E-state index in [-0.39, 0.29) is 16.7 Å². The van der Waals surface area contributed by atoms with E-state index in [1.165, 1.54) is 48.9 Å². The third-order valence-corrected chi connectivity index (χ3v) is 8.03. The quantitative estimate of drug-likeness (QED) is 0.195. The molecule has 0 saturated carbocycles. The molecule has 3 aromatic rings. The van der Waals surface area contributed by atoms with Crippen LogP contribution in [0.25, 0.3) is 10.6 Å². The first-order valence-corrected chi connectivity index (χ1v) is 13.9. The van der Waals surface area contributed by atoms with Gasteiger partial charge in [0, 0.05) is 25.7 Å². The molecule has 1 fully saturated rings. The molecule has 3 heterocycles. The fourth-order valence-corrected chi connectivity index (χ4v) is 6.45. The number of benzene rings is 1. The maximum atomic E-state index is 14.1. The van der Waals surface area contributed by atoms with Gasteiger partial charge < -0.3 is 18.9 Å². The molecule has 1 aliphatic rings. The summed E-state index contributed by atoms with van der Waals surface area (Å²) in [4.78, 5) is 37.3. The van der Waals surface area contributed by atoms with E-state index in [0.717, 1.165) is 16.6 Å². The number of carbonyl (C=O) groups excluding carboxylic acids is 3. The number of hydrogen-bond donors (Lipinski definition) is 0. The van der Waals surface area contributed by atoms with Gasteiger partial charge in [-0.1, -0.05) is 46.2 Å². The molecule has 0 aliphatic carbocycles. The van der Waals surface area contributed by atoms with Crippen LogP contribution in [0.15, 0.2) is 40.7 Å². The van der Waals surface area contributed by atoms with Gasteiger partial charge in [-0.05, 0) is 23.6 Å². The zero-order valence-electron chi connectivity index (χ0n) is 20.7. The highest BCUT2D eigenvalue weighted by Gasteiger charge is 2.52. The van der Waals surface area contributed by atoms with Crippen LogP contribution < -0.4 is 0 Å². The zero-order chi connectivity index (χ0) is 28.3. The molecule has 0 radical (unpaired) electrons. The van der Waals surface area contributed by atoms with Crippen molar-refractivity contribution in [3.05, 3.63) is 51.7 Å². The number of esters is 3. The van der Waals surface area contributed by atoms with Crippen LogP contribution in [-0.2, 0) is 33.3 Å². The summed E-state index contributed by atoms with van der Waals surface area (Å²) in [6.45, 7) is 3.37. The van der Waals surface area contributed by atoms with Gasteiger partial charge in [-0.25, -0.2) is 9.07 Å². The monoisotopic (exact) mass is 617 g/mol. The molecule has 2 aromatic heterocycles. The second-order valence-electron chi connectivity index (χ2n) is 8.36. The Bertz CT molecular complexity index is 1330. The molecular weight excluding hydrogens is 596 g/mol. The summed E-state index contributed by atoms with van der Waals surface area (Å²) in [6, 6.07) is 5.45. The van der Waals surface area contributed by atoms with Gasteiger partial charge in [0.1, 0.15) is 29.9 Å². The Labute approximate surface area is 240 Å². The van der Waals surface area contributed by atoms with Crippen molar-refractivity contribution in [2.45, 2.75) is 55.5 Å². The Kier molecular flexibility index (Phi) is 9.49. The minimum Gasteiger partial charge on any atom is -0.463 e. The van der Waals surface area contributed by atoms with E-state index >= 15 is 0 Å². The van der Waals surface area contributed by atoms with Crippen molar-refractivity contribution in [3.8, 4) is 10.6 Å². The van der Waals surface area contributed by atoms with Crippen LogP contribution in [0, 0.1) is 5.82 Å². The minimum absolute atomic E-state index is 0.215. The number of aromatic nitrogens is 3. The summed E-state index contributed by atoms with van der Waals surface area (Å²) in [5.41, 5.74) is -0.448. The van der Waals surface area contributed by atoms with Gasteiger partial charge in [0.05, 0.1) is 21.1 Å².